The van der Waals surface area contributed by atoms with Gasteiger partial charge in [0.25, 0.3) is 0 Å². The average molecular weight is 391 g/mol. The highest BCUT2D eigenvalue weighted by Crippen LogP contribution is 2.36. The summed E-state index contributed by atoms with van der Waals surface area (Å²) in [6, 6.07) is 16.3. The van der Waals surface area contributed by atoms with Crippen molar-refractivity contribution in [3.63, 3.8) is 0 Å². The van der Waals surface area contributed by atoms with Gasteiger partial charge in [0.05, 0.1) is 5.54 Å². The summed E-state index contributed by atoms with van der Waals surface area (Å²) >= 11 is 12.2. The van der Waals surface area contributed by atoms with Crippen LogP contribution in [0.25, 0.3) is 0 Å². The normalized spacial score (nSPS) is 20.7. The van der Waals surface area contributed by atoms with Gasteiger partial charge in [0.15, 0.2) is 0 Å². The van der Waals surface area contributed by atoms with Crippen molar-refractivity contribution in [3.05, 3.63) is 70.2 Å². The minimum atomic E-state index is -0.464. The number of rotatable bonds is 5. The molecular formula is C21H24Cl2N2O. The van der Waals surface area contributed by atoms with Crippen LogP contribution >= 0.6 is 23.2 Å². The number of hydrogen-bond donors (Lipinski definition) is 1. The molecule has 0 aromatic heterocycles. The lowest BCUT2D eigenvalue weighted by Gasteiger charge is -2.44. The highest BCUT2D eigenvalue weighted by atomic mass is 35.5. The molecule has 1 aliphatic heterocycles. The summed E-state index contributed by atoms with van der Waals surface area (Å²) in [5, 5.41) is 3.94. The molecule has 0 bridgehead atoms. The molecule has 1 saturated heterocycles. The maximum Gasteiger partial charge on any atom is 0.235 e. The number of benzene rings is 2. The van der Waals surface area contributed by atoms with Crippen molar-refractivity contribution < 1.29 is 4.79 Å². The number of carbonyl (C=O) groups excluding carboxylic acids is 1. The van der Waals surface area contributed by atoms with Gasteiger partial charge >= 0.3 is 0 Å². The van der Waals surface area contributed by atoms with E-state index in [4.69, 9.17) is 23.2 Å². The Morgan fingerprint density at radius 1 is 1.19 bits per heavy atom. The van der Waals surface area contributed by atoms with Gasteiger partial charge in [-0.05, 0) is 49.1 Å². The molecule has 5 heteroatoms. The second kappa shape index (κ2) is 8.43. The first-order chi connectivity index (χ1) is 12.5. The summed E-state index contributed by atoms with van der Waals surface area (Å²) in [5.74, 6) is -0.187. The number of likely N-dealkylation sites (tertiary alicyclic amines) is 1. The van der Waals surface area contributed by atoms with Crippen LogP contribution in [0.1, 0.15) is 29.5 Å². The molecule has 3 rings (SSSR count). The Kier molecular flexibility index (Phi) is 6.23. The van der Waals surface area contributed by atoms with Crippen LogP contribution in [0.5, 0.6) is 0 Å². The Morgan fingerprint density at radius 2 is 1.96 bits per heavy atom. The van der Waals surface area contributed by atoms with E-state index in [0.717, 1.165) is 48.6 Å². The largest absolute Gasteiger partial charge is 0.344 e. The van der Waals surface area contributed by atoms with Crippen LogP contribution in [0.3, 0.4) is 0 Å². The molecule has 26 heavy (non-hydrogen) atoms. The van der Waals surface area contributed by atoms with E-state index >= 15 is 0 Å². The van der Waals surface area contributed by atoms with Crippen LogP contribution in [-0.2, 0) is 16.9 Å². The quantitative estimate of drug-likeness (QED) is 0.762. The van der Waals surface area contributed by atoms with Crippen molar-refractivity contribution in [2.75, 3.05) is 19.0 Å². The third-order valence-electron chi connectivity index (χ3n) is 5.10. The lowest BCUT2D eigenvalue weighted by Crippen LogP contribution is -2.56. The number of amides is 1. The lowest BCUT2D eigenvalue weighted by molar-refractivity contribution is -0.121. The molecule has 1 N–H and O–H groups in total. The Hall–Kier alpha value is -1.55. The molecule has 3 nitrogen and oxygen atoms in total. The fourth-order valence-electron chi connectivity index (χ4n) is 3.94. The van der Waals surface area contributed by atoms with E-state index in [1.165, 1.54) is 5.56 Å². The van der Waals surface area contributed by atoms with Crippen LogP contribution in [0.4, 0.5) is 0 Å². The molecule has 2 aromatic carbocycles. The second-order valence-corrected chi connectivity index (χ2v) is 7.65. The molecule has 0 spiro atoms. The molecule has 1 aliphatic rings. The highest BCUT2D eigenvalue weighted by Gasteiger charge is 2.39. The molecular weight excluding hydrogens is 367 g/mol. The predicted molar refractivity (Wildman–Crippen MR) is 108 cm³/mol. The van der Waals surface area contributed by atoms with Gasteiger partial charge < -0.3 is 5.32 Å². The summed E-state index contributed by atoms with van der Waals surface area (Å²) in [6.45, 7) is 4.63. The van der Waals surface area contributed by atoms with Gasteiger partial charge in [0.2, 0.25) is 5.91 Å². The van der Waals surface area contributed by atoms with E-state index in [1.807, 2.05) is 25.1 Å². The van der Waals surface area contributed by atoms with E-state index in [1.54, 1.807) is 0 Å². The van der Waals surface area contributed by atoms with Crippen molar-refractivity contribution >= 4 is 29.1 Å². The lowest BCUT2D eigenvalue weighted by atomic mass is 9.79. The number of nitrogens with zero attached hydrogens (tertiary/aromatic N) is 1. The minimum absolute atomic E-state index is 0.0416. The van der Waals surface area contributed by atoms with Gasteiger partial charge in [0.1, 0.15) is 5.88 Å². The molecule has 2 aromatic rings. The van der Waals surface area contributed by atoms with Crippen LogP contribution in [0.15, 0.2) is 48.5 Å². The van der Waals surface area contributed by atoms with Gasteiger partial charge in [-0.3, -0.25) is 9.69 Å². The summed E-state index contributed by atoms with van der Waals surface area (Å²) in [4.78, 5) is 14.6. The average Bonchev–Trinajstić information content (AvgIpc) is 2.65. The highest BCUT2D eigenvalue weighted by molar-refractivity contribution is 6.31. The first kappa shape index (κ1) is 19.2. The van der Waals surface area contributed by atoms with E-state index in [2.05, 4.69) is 40.5 Å². The molecule has 0 saturated carbocycles. The first-order valence-corrected chi connectivity index (χ1v) is 9.84. The third-order valence-corrected chi connectivity index (χ3v) is 5.76. The fourth-order valence-corrected chi connectivity index (χ4v) is 4.18. The number of hydrogen-bond acceptors (Lipinski definition) is 2. The van der Waals surface area contributed by atoms with Crippen LogP contribution in [-0.4, -0.2) is 29.8 Å². The number of piperidine rings is 1. The zero-order valence-corrected chi connectivity index (χ0v) is 16.5. The molecule has 1 atom stereocenters. The zero-order chi connectivity index (χ0) is 18.6. The van der Waals surface area contributed by atoms with E-state index in [9.17, 15) is 4.79 Å². The standard InChI is InChI=1S/C21H24Cl2N2O/c1-16-18(9-5-10-19(16)23)21(24-20(26)13-22)11-6-12-25(15-21)14-17-7-3-2-4-8-17/h2-5,7-10H,6,11-15H2,1H3,(H,24,26). The van der Waals surface area contributed by atoms with Crippen molar-refractivity contribution in [2.24, 2.45) is 0 Å². The van der Waals surface area contributed by atoms with E-state index in [-0.39, 0.29) is 11.8 Å². The van der Waals surface area contributed by atoms with Gasteiger partial charge in [-0.15, -0.1) is 11.6 Å². The van der Waals surface area contributed by atoms with Crippen molar-refractivity contribution in [3.8, 4) is 0 Å². The van der Waals surface area contributed by atoms with Crippen LogP contribution in [0, 0.1) is 6.92 Å². The zero-order valence-electron chi connectivity index (χ0n) is 15.0. The molecule has 1 heterocycles. The summed E-state index contributed by atoms with van der Waals surface area (Å²) in [7, 11) is 0. The van der Waals surface area contributed by atoms with Gasteiger partial charge in [-0.25, -0.2) is 0 Å². The van der Waals surface area contributed by atoms with Gasteiger partial charge in [0, 0.05) is 18.1 Å². The Balaban J connectivity index is 1.92. The number of nitrogens with one attached hydrogen (secondary N) is 1. The molecule has 0 aliphatic carbocycles. The molecule has 138 valence electrons. The minimum Gasteiger partial charge on any atom is -0.344 e. The fraction of sp³-hybridized carbons (Fsp3) is 0.381. The predicted octanol–water partition coefficient (Wildman–Crippen LogP) is 4.49. The number of carbonyl (C=O) groups is 1. The second-order valence-electron chi connectivity index (χ2n) is 6.98. The Labute approximate surface area is 165 Å². The molecule has 1 fully saturated rings. The van der Waals surface area contributed by atoms with Crippen molar-refractivity contribution in [1.29, 1.82) is 0 Å². The van der Waals surface area contributed by atoms with Crippen molar-refractivity contribution in [2.45, 2.75) is 31.8 Å². The smallest absolute Gasteiger partial charge is 0.235 e. The topological polar surface area (TPSA) is 32.3 Å². The monoisotopic (exact) mass is 390 g/mol. The van der Waals surface area contributed by atoms with Crippen LogP contribution in [0.2, 0.25) is 5.02 Å². The Morgan fingerprint density at radius 3 is 2.69 bits per heavy atom. The maximum atomic E-state index is 12.2. The SMILES string of the molecule is Cc1c(Cl)cccc1C1(NC(=O)CCl)CCCN(Cc2ccccc2)C1. The first-order valence-electron chi connectivity index (χ1n) is 8.93. The van der Waals surface area contributed by atoms with Crippen molar-refractivity contribution in [1.82, 2.24) is 10.2 Å². The third kappa shape index (κ3) is 4.22. The van der Waals surface area contributed by atoms with E-state index < -0.39 is 5.54 Å². The van der Waals surface area contributed by atoms with Gasteiger partial charge in [-0.1, -0.05) is 54.1 Å². The summed E-state index contributed by atoms with van der Waals surface area (Å²) in [5.41, 5.74) is 2.91. The number of halogens is 2. The molecule has 0 radical (unpaired) electrons. The van der Waals surface area contributed by atoms with Crippen LogP contribution < -0.4 is 5.32 Å². The summed E-state index contributed by atoms with van der Waals surface area (Å²) in [6.07, 6.45) is 1.88. The van der Waals surface area contributed by atoms with Gasteiger partial charge in [-0.2, -0.15) is 0 Å². The molecule has 1 unspecified atom stereocenters. The molecule has 1 amide bonds. The van der Waals surface area contributed by atoms with E-state index in [0.29, 0.717) is 0 Å². The maximum absolute atomic E-state index is 12.2. The Bertz CT molecular complexity index is 766. The number of alkyl halides is 1. The summed E-state index contributed by atoms with van der Waals surface area (Å²) < 4.78 is 0.